The third-order valence-corrected chi connectivity index (χ3v) is 9.34. The van der Waals surface area contributed by atoms with E-state index < -0.39 is 5.60 Å². The average Bonchev–Trinajstić information content (AvgIpc) is 2.92. The Morgan fingerprint density at radius 1 is 1.04 bits per heavy atom. The van der Waals surface area contributed by atoms with Gasteiger partial charge in [-0.2, -0.15) is 0 Å². The van der Waals surface area contributed by atoms with Gasteiger partial charge < -0.3 is 5.11 Å². The van der Waals surface area contributed by atoms with Crippen LogP contribution in [-0.4, -0.2) is 10.7 Å². The van der Waals surface area contributed by atoms with Gasteiger partial charge in [0.15, 0.2) is 5.70 Å². The number of allylic oxidation sites excluding steroid dienone is 2. The fourth-order valence-electron chi connectivity index (χ4n) is 7.91. The van der Waals surface area contributed by atoms with Crippen LogP contribution in [0.5, 0.6) is 0 Å². The monoisotopic (exact) mass is 341 g/mol. The molecule has 7 atom stereocenters. The van der Waals surface area contributed by atoms with E-state index in [0.717, 1.165) is 42.7 Å². The van der Waals surface area contributed by atoms with Crippen molar-refractivity contribution in [2.75, 3.05) is 0 Å². The molecular weight excluding hydrogens is 306 g/mol. The molecule has 0 heterocycles. The molecule has 0 saturated heterocycles. The third-order valence-electron chi connectivity index (χ3n) is 9.34. The molecule has 2 nitrogen and oxygen atoms in total. The fourth-order valence-corrected chi connectivity index (χ4v) is 7.91. The standard InChI is InChI=1S/C23H35NO/c1-15(24-5)18-8-9-19-17-7-6-16-14-21(2,25)12-13-22(16,3)20(17)10-11-23(18,19)4/h16-17,19-20,25H,6-14H2,1-4H3/b18-15-/t16-,17-,19-,20-,21+,22-,23+/m0/s1. The van der Waals surface area contributed by atoms with Crippen LogP contribution in [0.25, 0.3) is 4.85 Å². The molecule has 1 N–H and O–H groups in total. The predicted octanol–water partition coefficient (Wildman–Crippen LogP) is 5.97. The molecule has 0 unspecified atom stereocenters. The van der Waals surface area contributed by atoms with E-state index in [0.29, 0.717) is 16.7 Å². The molecule has 4 aliphatic rings. The van der Waals surface area contributed by atoms with Gasteiger partial charge in [-0.1, -0.05) is 19.4 Å². The molecule has 4 saturated carbocycles. The van der Waals surface area contributed by atoms with E-state index in [4.69, 9.17) is 6.57 Å². The first-order valence-electron chi connectivity index (χ1n) is 10.5. The van der Waals surface area contributed by atoms with E-state index in [2.05, 4.69) is 25.6 Å². The highest BCUT2D eigenvalue weighted by Crippen LogP contribution is 2.68. The summed E-state index contributed by atoms with van der Waals surface area (Å²) < 4.78 is 0. The second-order valence-electron chi connectivity index (χ2n) is 10.5. The molecular formula is C23H35NO. The number of aliphatic hydroxyl groups is 1. The Hall–Kier alpha value is -0.810. The number of nitrogens with zero attached hydrogens (tertiary/aromatic N) is 1. The Labute approximate surface area is 153 Å². The predicted molar refractivity (Wildman–Crippen MR) is 102 cm³/mol. The van der Waals surface area contributed by atoms with Crippen LogP contribution in [0.3, 0.4) is 0 Å². The van der Waals surface area contributed by atoms with Crippen LogP contribution in [0.1, 0.15) is 85.5 Å². The van der Waals surface area contributed by atoms with Gasteiger partial charge in [-0.25, -0.2) is 4.85 Å². The topological polar surface area (TPSA) is 24.6 Å². The lowest BCUT2D eigenvalue weighted by molar-refractivity contribution is -0.139. The molecule has 138 valence electrons. The van der Waals surface area contributed by atoms with Crippen molar-refractivity contribution >= 4 is 0 Å². The van der Waals surface area contributed by atoms with Crippen molar-refractivity contribution in [1.82, 2.24) is 0 Å². The molecule has 4 aliphatic carbocycles. The first-order chi connectivity index (χ1) is 11.7. The minimum Gasteiger partial charge on any atom is -0.390 e. The fraction of sp³-hybridized carbons (Fsp3) is 0.870. The van der Waals surface area contributed by atoms with Crippen molar-refractivity contribution in [1.29, 1.82) is 0 Å². The Bertz CT molecular complexity index is 641. The van der Waals surface area contributed by atoms with Gasteiger partial charge >= 0.3 is 0 Å². The number of hydrogen-bond acceptors (Lipinski definition) is 1. The van der Waals surface area contributed by atoms with Gasteiger partial charge in [0, 0.05) is 0 Å². The minimum absolute atomic E-state index is 0.291. The quantitative estimate of drug-likeness (QED) is 0.539. The van der Waals surface area contributed by atoms with E-state index in [9.17, 15) is 5.11 Å². The van der Waals surface area contributed by atoms with Gasteiger partial charge in [0.1, 0.15) is 0 Å². The van der Waals surface area contributed by atoms with Crippen molar-refractivity contribution in [2.45, 2.75) is 91.1 Å². The van der Waals surface area contributed by atoms with E-state index >= 15 is 0 Å². The SMILES string of the molecule is [C-]#[N+]/C(C)=C1/CC[C@H]2[C@@H]3CC[C@H]4C[C@](C)(O)CC[C@]4(C)[C@H]3CC[C@]12C. The lowest BCUT2D eigenvalue weighted by Gasteiger charge is -2.61. The number of rotatable bonds is 0. The van der Waals surface area contributed by atoms with Gasteiger partial charge in [-0.05, 0) is 106 Å². The zero-order valence-corrected chi connectivity index (χ0v) is 16.6. The molecule has 25 heavy (non-hydrogen) atoms. The zero-order valence-electron chi connectivity index (χ0n) is 16.6. The molecule has 0 aliphatic heterocycles. The molecule has 0 radical (unpaired) electrons. The van der Waals surface area contributed by atoms with Crippen molar-refractivity contribution in [3.05, 3.63) is 22.7 Å². The Kier molecular flexibility index (Phi) is 3.94. The highest BCUT2D eigenvalue weighted by molar-refractivity contribution is 5.31. The smallest absolute Gasteiger partial charge is 0.162 e. The zero-order chi connectivity index (χ0) is 18.0. The lowest BCUT2D eigenvalue weighted by Crippen LogP contribution is -2.55. The number of fused-ring (bicyclic) bond motifs is 5. The summed E-state index contributed by atoms with van der Waals surface area (Å²) in [5.41, 5.74) is 2.77. The summed E-state index contributed by atoms with van der Waals surface area (Å²) in [7, 11) is 0. The maximum atomic E-state index is 10.6. The number of hydrogen-bond donors (Lipinski definition) is 1. The summed E-state index contributed by atoms with van der Waals surface area (Å²) in [6.07, 6.45) is 10.9. The van der Waals surface area contributed by atoms with Crippen LogP contribution in [0.15, 0.2) is 11.3 Å². The summed E-state index contributed by atoms with van der Waals surface area (Å²) in [6.45, 7) is 16.6. The van der Waals surface area contributed by atoms with Crippen LogP contribution in [0.4, 0.5) is 0 Å². The minimum atomic E-state index is -0.434. The van der Waals surface area contributed by atoms with E-state index in [1.807, 2.05) is 6.92 Å². The van der Waals surface area contributed by atoms with E-state index in [-0.39, 0.29) is 0 Å². The molecule has 4 rings (SSSR count). The van der Waals surface area contributed by atoms with Crippen LogP contribution in [0, 0.1) is 41.1 Å². The van der Waals surface area contributed by atoms with Crippen molar-refractivity contribution < 1.29 is 5.11 Å². The lowest BCUT2D eigenvalue weighted by atomic mass is 9.44. The highest BCUT2D eigenvalue weighted by atomic mass is 16.3. The van der Waals surface area contributed by atoms with Gasteiger partial charge in [0.2, 0.25) is 0 Å². The highest BCUT2D eigenvalue weighted by Gasteiger charge is 2.59. The average molecular weight is 342 g/mol. The Balaban J connectivity index is 1.64. The summed E-state index contributed by atoms with van der Waals surface area (Å²) in [5.74, 6) is 3.19. The largest absolute Gasteiger partial charge is 0.390 e. The Morgan fingerprint density at radius 3 is 2.52 bits per heavy atom. The van der Waals surface area contributed by atoms with Crippen LogP contribution in [0.2, 0.25) is 0 Å². The van der Waals surface area contributed by atoms with Gasteiger partial charge in [-0.15, -0.1) is 0 Å². The summed E-state index contributed by atoms with van der Waals surface area (Å²) in [6, 6.07) is 0. The second kappa shape index (κ2) is 5.59. The Morgan fingerprint density at radius 2 is 1.80 bits per heavy atom. The second-order valence-corrected chi connectivity index (χ2v) is 10.5. The molecule has 0 spiro atoms. The van der Waals surface area contributed by atoms with Gasteiger partial charge in [0.25, 0.3) is 0 Å². The van der Waals surface area contributed by atoms with Gasteiger partial charge in [-0.3, -0.25) is 0 Å². The summed E-state index contributed by atoms with van der Waals surface area (Å²) in [4.78, 5) is 3.81. The molecule has 2 heteroatoms. The molecule has 0 amide bonds. The third kappa shape index (κ3) is 2.45. The van der Waals surface area contributed by atoms with E-state index in [1.165, 1.54) is 44.1 Å². The molecule has 0 bridgehead atoms. The van der Waals surface area contributed by atoms with Gasteiger partial charge in [0.05, 0.1) is 12.2 Å². The normalized spacial score (nSPS) is 54.1. The maximum Gasteiger partial charge on any atom is 0.162 e. The maximum absolute atomic E-state index is 10.6. The van der Waals surface area contributed by atoms with Crippen molar-refractivity contribution in [3.8, 4) is 0 Å². The first-order valence-corrected chi connectivity index (χ1v) is 10.5. The molecule has 4 fully saturated rings. The van der Waals surface area contributed by atoms with Crippen molar-refractivity contribution in [2.24, 2.45) is 34.5 Å². The molecule has 0 aromatic heterocycles. The molecule has 0 aromatic carbocycles. The first kappa shape index (κ1) is 17.6. The van der Waals surface area contributed by atoms with Crippen LogP contribution >= 0.6 is 0 Å². The summed E-state index contributed by atoms with van der Waals surface area (Å²) >= 11 is 0. The van der Waals surface area contributed by atoms with Crippen LogP contribution < -0.4 is 0 Å². The van der Waals surface area contributed by atoms with Crippen molar-refractivity contribution in [3.63, 3.8) is 0 Å². The van der Waals surface area contributed by atoms with Crippen LogP contribution in [-0.2, 0) is 0 Å². The summed E-state index contributed by atoms with van der Waals surface area (Å²) in [5, 5.41) is 10.6. The molecule has 0 aromatic rings. The van der Waals surface area contributed by atoms with E-state index in [1.54, 1.807) is 0 Å².